The molecule has 5 heteroatoms. The van der Waals surface area contributed by atoms with Crippen molar-refractivity contribution >= 4 is 9.84 Å². The molecule has 1 fully saturated rings. The SMILES string of the molecule is CCNC1CCN(CC(C)(C)S(C)(=O)=O)C(C)C1C. The van der Waals surface area contributed by atoms with E-state index in [0.717, 1.165) is 19.5 Å². The number of likely N-dealkylation sites (tertiary alicyclic amines) is 1. The van der Waals surface area contributed by atoms with Crippen molar-refractivity contribution < 1.29 is 8.42 Å². The summed E-state index contributed by atoms with van der Waals surface area (Å²) in [4.78, 5) is 2.33. The average molecular weight is 290 g/mol. The van der Waals surface area contributed by atoms with Crippen LogP contribution in [0.1, 0.15) is 41.0 Å². The fourth-order valence-electron chi connectivity index (χ4n) is 2.82. The van der Waals surface area contributed by atoms with Gasteiger partial charge in [-0.2, -0.15) is 0 Å². The molecule has 1 rings (SSSR count). The van der Waals surface area contributed by atoms with Crippen molar-refractivity contribution in [1.82, 2.24) is 10.2 Å². The first-order valence-corrected chi connectivity index (χ1v) is 9.16. The molecular formula is C14H30N2O2S. The quantitative estimate of drug-likeness (QED) is 0.834. The van der Waals surface area contributed by atoms with Gasteiger partial charge in [0.05, 0.1) is 4.75 Å². The van der Waals surface area contributed by atoms with Gasteiger partial charge in [-0.1, -0.05) is 13.8 Å². The number of nitrogens with one attached hydrogen (secondary N) is 1. The molecule has 0 aliphatic carbocycles. The molecule has 3 atom stereocenters. The second kappa shape index (κ2) is 6.10. The minimum absolute atomic E-state index is 0.416. The van der Waals surface area contributed by atoms with E-state index in [1.54, 1.807) is 0 Å². The van der Waals surface area contributed by atoms with Crippen LogP contribution in [0, 0.1) is 5.92 Å². The third-order valence-electron chi connectivity index (χ3n) is 4.75. The summed E-state index contributed by atoms with van der Waals surface area (Å²) < 4.78 is 23.0. The molecule has 0 radical (unpaired) electrons. The average Bonchev–Trinajstić information content (AvgIpc) is 2.27. The lowest BCUT2D eigenvalue weighted by Crippen LogP contribution is -2.57. The first kappa shape index (κ1) is 16.9. The summed E-state index contributed by atoms with van der Waals surface area (Å²) in [7, 11) is -3.02. The van der Waals surface area contributed by atoms with Crippen molar-refractivity contribution in [2.45, 2.75) is 57.9 Å². The van der Waals surface area contributed by atoms with Gasteiger partial charge in [0.25, 0.3) is 0 Å². The van der Waals surface area contributed by atoms with Crippen LogP contribution >= 0.6 is 0 Å². The molecule has 0 aromatic rings. The van der Waals surface area contributed by atoms with Crippen LogP contribution in [-0.4, -0.2) is 56.0 Å². The Hall–Kier alpha value is -0.130. The van der Waals surface area contributed by atoms with Gasteiger partial charge in [-0.05, 0) is 46.2 Å². The highest BCUT2D eigenvalue weighted by Crippen LogP contribution is 2.27. The molecule has 1 saturated heterocycles. The number of hydrogen-bond acceptors (Lipinski definition) is 4. The van der Waals surface area contributed by atoms with Gasteiger partial charge in [0.1, 0.15) is 0 Å². The van der Waals surface area contributed by atoms with Crippen molar-refractivity contribution in [3.63, 3.8) is 0 Å². The molecule has 4 nitrogen and oxygen atoms in total. The highest BCUT2D eigenvalue weighted by molar-refractivity contribution is 7.92. The smallest absolute Gasteiger partial charge is 0.153 e. The van der Waals surface area contributed by atoms with E-state index < -0.39 is 14.6 Å². The van der Waals surface area contributed by atoms with E-state index in [1.165, 1.54) is 6.26 Å². The highest BCUT2D eigenvalue weighted by atomic mass is 32.2. The Morgan fingerprint density at radius 2 is 1.89 bits per heavy atom. The highest BCUT2D eigenvalue weighted by Gasteiger charge is 2.38. The molecule has 0 saturated carbocycles. The van der Waals surface area contributed by atoms with Crippen LogP contribution in [-0.2, 0) is 9.84 Å². The normalized spacial score (nSPS) is 30.5. The number of sulfone groups is 1. The summed E-state index contributed by atoms with van der Waals surface area (Å²) in [6.45, 7) is 12.9. The van der Waals surface area contributed by atoms with Gasteiger partial charge in [-0.3, -0.25) is 4.90 Å². The third-order valence-corrected chi connectivity index (χ3v) is 6.89. The van der Waals surface area contributed by atoms with Crippen molar-refractivity contribution in [1.29, 1.82) is 0 Å². The minimum Gasteiger partial charge on any atom is -0.314 e. The lowest BCUT2D eigenvalue weighted by atomic mass is 9.86. The Bertz CT molecular complexity index is 392. The number of rotatable bonds is 5. The van der Waals surface area contributed by atoms with Gasteiger partial charge in [-0.15, -0.1) is 0 Å². The zero-order valence-electron chi connectivity index (χ0n) is 13.2. The molecule has 0 spiro atoms. The lowest BCUT2D eigenvalue weighted by molar-refractivity contribution is 0.0785. The van der Waals surface area contributed by atoms with Crippen molar-refractivity contribution in [2.75, 3.05) is 25.9 Å². The molecule has 114 valence electrons. The van der Waals surface area contributed by atoms with Crippen molar-refractivity contribution in [2.24, 2.45) is 5.92 Å². The van der Waals surface area contributed by atoms with Gasteiger partial charge < -0.3 is 5.32 Å². The maximum Gasteiger partial charge on any atom is 0.153 e. The van der Waals surface area contributed by atoms with E-state index in [-0.39, 0.29) is 0 Å². The largest absolute Gasteiger partial charge is 0.314 e. The standard InChI is InChI=1S/C14H30N2O2S/c1-7-15-13-8-9-16(12(3)11(13)2)10-14(4,5)19(6,17)18/h11-13,15H,7-10H2,1-6H3. The molecule has 1 aliphatic rings. The summed E-state index contributed by atoms with van der Waals surface area (Å²) in [6.07, 6.45) is 2.44. The van der Waals surface area contributed by atoms with Gasteiger partial charge in [0.2, 0.25) is 0 Å². The van der Waals surface area contributed by atoms with Crippen LogP contribution in [0.3, 0.4) is 0 Å². The topological polar surface area (TPSA) is 49.4 Å². The zero-order valence-corrected chi connectivity index (χ0v) is 14.0. The summed E-state index contributed by atoms with van der Waals surface area (Å²) >= 11 is 0. The van der Waals surface area contributed by atoms with E-state index in [0.29, 0.717) is 24.5 Å². The van der Waals surface area contributed by atoms with Gasteiger partial charge >= 0.3 is 0 Å². The first-order chi connectivity index (χ1) is 8.60. The molecule has 1 aliphatic heterocycles. The fraction of sp³-hybridized carbons (Fsp3) is 1.00. The Kier molecular flexibility index (Phi) is 5.43. The van der Waals surface area contributed by atoms with Crippen LogP contribution in [0.5, 0.6) is 0 Å². The number of piperidine rings is 1. The Morgan fingerprint density at radius 1 is 1.32 bits per heavy atom. The van der Waals surface area contributed by atoms with E-state index in [1.807, 2.05) is 13.8 Å². The molecule has 0 aromatic heterocycles. The van der Waals surface area contributed by atoms with Gasteiger partial charge in [0, 0.05) is 24.9 Å². The molecule has 19 heavy (non-hydrogen) atoms. The Morgan fingerprint density at radius 3 is 2.37 bits per heavy atom. The third kappa shape index (κ3) is 3.92. The summed E-state index contributed by atoms with van der Waals surface area (Å²) in [5.74, 6) is 0.545. The second-order valence-electron chi connectivity index (χ2n) is 6.55. The van der Waals surface area contributed by atoms with Crippen LogP contribution in [0.25, 0.3) is 0 Å². The van der Waals surface area contributed by atoms with Crippen LogP contribution < -0.4 is 5.32 Å². The van der Waals surface area contributed by atoms with Crippen molar-refractivity contribution in [3.8, 4) is 0 Å². The van der Waals surface area contributed by atoms with Crippen molar-refractivity contribution in [3.05, 3.63) is 0 Å². The molecule has 1 heterocycles. The summed E-state index contributed by atoms with van der Waals surface area (Å²) in [5, 5.41) is 3.53. The summed E-state index contributed by atoms with van der Waals surface area (Å²) in [6, 6.07) is 0.969. The molecule has 3 unspecified atom stereocenters. The molecule has 0 bridgehead atoms. The van der Waals surface area contributed by atoms with Gasteiger partial charge in [0.15, 0.2) is 9.84 Å². The predicted molar refractivity (Wildman–Crippen MR) is 81.2 cm³/mol. The van der Waals surface area contributed by atoms with Crippen LogP contribution in [0.4, 0.5) is 0 Å². The minimum atomic E-state index is -3.02. The number of nitrogens with zero attached hydrogens (tertiary/aromatic N) is 1. The van der Waals surface area contributed by atoms with E-state index in [9.17, 15) is 8.42 Å². The van der Waals surface area contributed by atoms with Gasteiger partial charge in [-0.25, -0.2) is 8.42 Å². The molecular weight excluding hydrogens is 260 g/mol. The van der Waals surface area contributed by atoms with Crippen LogP contribution in [0.15, 0.2) is 0 Å². The first-order valence-electron chi connectivity index (χ1n) is 7.27. The summed E-state index contributed by atoms with van der Waals surface area (Å²) in [5.41, 5.74) is 0. The Labute approximate surface area is 118 Å². The van der Waals surface area contributed by atoms with E-state index in [4.69, 9.17) is 0 Å². The Balaban J connectivity index is 2.73. The van der Waals surface area contributed by atoms with E-state index >= 15 is 0 Å². The zero-order chi connectivity index (χ0) is 14.8. The maximum absolute atomic E-state index is 11.8. The molecule has 0 aromatic carbocycles. The lowest BCUT2D eigenvalue weighted by Gasteiger charge is -2.45. The number of hydrogen-bond donors (Lipinski definition) is 1. The predicted octanol–water partition coefficient (Wildman–Crippen LogP) is 1.52. The second-order valence-corrected chi connectivity index (χ2v) is 9.20. The molecule has 0 amide bonds. The fourth-order valence-corrected chi connectivity index (χ4v) is 3.22. The maximum atomic E-state index is 11.8. The van der Waals surface area contributed by atoms with E-state index in [2.05, 4.69) is 31.0 Å². The van der Waals surface area contributed by atoms with Crippen LogP contribution in [0.2, 0.25) is 0 Å². The monoisotopic (exact) mass is 290 g/mol. The molecule has 1 N–H and O–H groups in total.